The number of aryl methyl sites for hydroxylation is 2. The van der Waals surface area contributed by atoms with Crippen LogP contribution in [-0.4, -0.2) is 37.8 Å². The first-order chi connectivity index (χ1) is 7.87. The highest BCUT2D eigenvalue weighted by atomic mass is 32.2. The van der Waals surface area contributed by atoms with Crippen LogP contribution in [0.15, 0.2) is 6.07 Å². The van der Waals surface area contributed by atoms with Crippen molar-refractivity contribution in [3.05, 3.63) is 17.5 Å². The molecule has 1 rings (SSSR count). The predicted molar refractivity (Wildman–Crippen MR) is 64.5 cm³/mol. The zero-order valence-corrected chi connectivity index (χ0v) is 11.0. The van der Waals surface area contributed by atoms with Gasteiger partial charge in [0.25, 0.3) is 0 Å². The summed E-state index contributed by atoms with van der Waals surface area (Å²) in [5.74, 6) is 0. The molecule has 1 aromatic rings. The number of nitrogens with one attached hydrogen (secondary N) is 1. The van der Waals surface area contributed by atoms with Gasteiger partial charge in [-0.15, -0.1) is 0 Å². The van der Waals surface area contributed by atoms with Gasteiger partial charge in [-0.05, 0) is 26.3 Å². The molecule has 0 unspecified atom stereocenters. The molecule has 0 aliphatic rings. The predicted octanol–water partition coefficient (Wildman–Crippen LogP) is 0.412. The number of aromatic nitrogens is 2. The highest BCUT2D eigenvalue weighted by molar-refractivity contribution is 7.88. The first kappa shape index (κ1) is 13.9. The Kier molecular flexibility index (Phi) is 4.83. The van der Waals surface area contributed by atoms with Crippen LogP contribution in [-0.2, 0) is 10.0 Å². The van der Waals surface area contributed by atoms with Gasteiger partial charge in [-0.3, -0.25) is 0 Å². The van der Waals surface area contributed by atoms with Crippen LogP contribution in [0.2, 0.25) is 0 Å². The van der Waals surface area contributed by atoms with E-state index >= 15 is 0 Å². The number of sulfonamides is 1. The van der Waals surface area contributed by atoms with Gasteiger partial charge in [-0.2, -0.15) is 0 Å². The number of hydrogen-bond acceptors (Lipinski definition) is 5. The molecule has 7 heteroatoms. The summed E-state index contributed by atoms with van der Waals surface area (Å²) in [7, 11) is -3.12. The van der Waals surface area contributed by atoms with Crippen LogP contribution in [0.5, 0.6) is 6.01 Å². The zero-order chi connectivity index (χ0) is 12.9. The Morgan fingerprint density at radius 3 is 2.41 bits per heavy atom. The molecule has 0 aliphatic carbocycles. The lowest BCUT2D eigenvalue weighted by Gasteiger charge is -2.06. The summed E-state index contributed by atoms with van der Waals surface area (Å²) in [6.07, 6.45) is 1.70. The molecule has 1 N–H and O–H groups in total. The minimum Gasteiger partial charge on any atom is -0.463 e. The van der Waals surface area contributed by atoms with Gasteiger partial charge in [0, 0.05) is 17.9 Å². The van der Waals surface area contributed by atoms with E-state index in [1.165, 1.54) is 0 Å². The van der Waals surface area contributed by atoms with E-state index in [1.54, 1.807) is 0 Å². The van der Waals surface area contributed by atoms with E-state index in [2.05, 4.69) is 14.7 Å². The van der Waals surface area contributed by atoms with E-state index in [0.29, 0.717) is 25.6 Å². The molecule has 0 saturated carbocycles. The average molecular weight is 259 g/mol. The second-order valence-corrected chi connectivity index (χ2v) is 5.63. The Balaban J connectivity index is 2.31. The van der Waals surface area contributed by atoms with E-state index in [0.717, 1.165) is 17.6 Å². The fourth-order valence-electron chi connectivity index (χ4n) is 1.25. The molecule has 6 nitrogen and oxygen atoms in total. The second kappa shape index (κ2) is 5.92. The van der Waals surface area contributed by atoms with Crippen molar-refractivity contribution in [2.45, 2.75) is 20.3 Å². The number of nitrogens with zero attached hydrogens (tertiary/aromatic N) is 2. The van der Waals surface area contributed by atoms with Gasteiger partial charge < -0.3 is 4.74 Å². The molecule has 0 radical (unpaired) electrons. The third-order valence-electron chi connectivity index (χ3n) is 1.88. The molecule has 0 spiro atoms. The highest BCUT2D eigenvalue weighted by Gasteiger charge is 2.02. The van der Waals surface area contributed by atoms with Gasteiger partial charge in [0.05, 0.1) is 12.9 Å². The van der Waals surface area contributed by atoms with Crippen LogP contribution < -0.4 is 9.46 Å². The summed E-state index contributed by atoms with van der Waals surface area (Å²) in [6, 6.07) is 2.19. The lowest BCUT2D eigenvalue weighted by atomic mass is 10.4. The molecule has 0 atom stereocenters. The molecule has 1 heterocycles. The molecule has 0 aromatic carbocycles. The van der Waals surface area contributed by atoms with Crippen molar-refractivity contribution < 1.29 is 13.2 Å². The summed E-state index contributed by atoms with van der Waals surface area (Å²) in [6.45, 7) is 4.47. The van der Waals surface area contributed by atoms with Gasteiger partial charge in [0.2, 0.25) is 10.0 Å². The molecule has 0 aliphatic heterocycles. The van der Waals surface area contributed by atoms with Crippen LogP contribution in [0, 0.1) is 13.8 Å². The Morgan fingerprint density at radius 2 is 1.88 bits per heavy atom. The molecule has 0 amide bonds. The normalized spacial score (nSPS) is 11.5. The zero-order valence-electron chi connectivity index (χ0n) is 10.2. The molecule has 0 fully saturated rings. The summed E-state index contributed by atoms with van der Waals surface area (Å²) in [4.78, 5) is 8.22. The van der Waals surface area contributed by atoms with Gasteiger partial charge in [-0.1, -0.05) is 0 Å². The molecule has 0 saturated heterocycles. The fourth-order valence-corrected chi connectivity index (χ4v) is 1.77. The number of rotatable bonds is 6. The quantitative estimate of drug-likeness (QED) is 0.748. The summed E-state index contributed by atoms with van der Waals surface area (Å²) in [5.41, 5.74) is 1.70. The highest BCUT2D eigenvalue weighted by Crippen LogP contribution is 2.05. The molecule has 1 aromatic heterocycles. The third-order valence-corrected chi connectivity index (χ3v) is 2.61. The fraction of sp³-hybridized carbons (Fsp3) is 0.600. The third kappa shape index (κ3) is 6.18. The van der Waals surface area contributed by atoms with Crippen LogP contribution in [0.25, 0.3) is 0 Å². The van der Waals surface area contributed by atoms with Gasteiger partial charge in [0.1, 0.15) is 0 Å². The van der Waals surface area contributed by atoms with E-state index in [1.807, 2.05) is 19.9 Å². The molecular formula is C10H17N3O3S. The van der Waals surface area contributed by atoms with Gasteiger partial charge >= 0.3 is 6.01 Å². The Bertz CT molecular complexity index is 453. The minimum atomic E-state index is -3.12. The topological polar surface area (TPSA) is 81.2 Å². The van der Waals surface area contributed by atoms with E-state index in [9.17, 15) is 8.42 Å². The van der Waals surface area contributed by atoms with Crippen LogP contribution >= 0.6 is 0 Å². The summed E-state index contributed by atoms with van der Waals surface area (Å²) in [5, 5.41) is 0. The first-order valence-corrected chi connectivity index (χ1v) is 7.16. The summed E-state index contributed by atoms with van der Waals surface area (Å²) < 4.78 is 29.3. The largest absolute Gasteiger partial charge is 0.463 e. The average Bonchev–Trinajstić information content (AvgIpc) is 2.13. The standard InChI is InChI=1S/C10H17N3O3S/c1-8-7-9(2)13-10(12-8)16-6-4-5-11-17(3,14)15/h7,11H,4-6H2,1-3H3. The maximum Gasteiger partial charge on any atom is 0.316 e. The van der Waals surface area contributed by atoms with Crippen molar-refractivity contribution in [2.75, 3.05) is 19.4 Å². The maximum absolute atomic E-state index is 10.8. The van der Waals surface area contributed by atoms with Gasteiger partial charge in [0.15, 0.2) is 0 Å². The van der Waals surface area contributed by atoms with Crippen molar-refractivity contribution in [1.29, 1.82) is 0 Å². The second-order valence-electron chi connectivity index (χ2n) is 3.80. The lowest BCUT2D eigenvalue weighted by Crippen LogP contribution is -2.24. The van der Waals surface area contributed by atoms with Crippen molar-refractivity contribution in [1.82, 2.24) is 14.7 Å². The van der Waals surface area contributed by atoms with Crippen molar-refractivity contribution in [2.24, 2.45) is 0 Å². The smallest absolute Gasteiger partial charge is 0.316 e. The van der Waals surface area contributed by atoms with Crippen molar-refractivity contribution in [3.8, 4) is 6.01 Å². The lowest BCUT2D eigenvalue weighted by molar-refractivity contribution is 0.286. The van der Waals surface area contributed by atoms with Crippen molar-refractivity contribution in [3.63, 3.8) is 0 Å². The van der Waals surface area contributed by atoms with E-state index < -0.39 is 10.0 Å². The Hall–Kier alpha value is -1.21. The monoisotopic (exact) mass is 259 g/mol. The van der Waals surface area contributed by atoms with Crippen molar-refractivity contribution >= 4 is 10.0 Å². The molecule has 0 bridgehead atoms. The van der Waals surface area contributed by atoms with Crippen LogP contribution in [0.1, 0.15) is 17.8 Å². The Labute approximate surface area is 101 Å². The Morgan fingerprint density at radius 1 is 1.29 bits per heavy atom. The van der Waals surface area contributed by atoms with Crippen LogP contribution in [0.4, 0.5) is 0 Å². The van der Waals surface area contributed by atoms with Crippen LogP contribution in [0.3, 0.4) is 0 Å². The summed E-state index contributed by atoms with van der Waals surface area (Å²) >= 11 is 0. The molecule has 17 heavy (non-hydrogen) atoms. The SMILES string of the molecule is Cc1cc(C)nc(OCCCNS(C)(=O)=O)n1. The maximum atomic E-state index is 10.8. The minimum absolute atomic E-state index is 0.335. The molecule has 96 valence electrons. The number of ether oxygens (including phenoxy) is 1. The van der Waals surface area contributed by atoms with E-state index in [4.69, 9.17) is 4.74 Å². The number of hydrogen-bond donors (Lipinski definition) is 1. The molecular weight excluding hydrogens is 242 g/mol. The van der Waals surface area contributed by atoms with E-state index in [-0.39, 0.29) is 0 Å². The van der Waals surface area contributed by atoms with Gasteiger partial charge in [-0.25, -0.2) is 23.1 Å². The first-order valence-electron chi connectivity index (χ1n) is 5.26.